The molecule has 1 fully saturated rings. The van der Waals surface area contributed by atoms with E-state index in [4.69, 9.17) is 23.2 Å². The third-order valence-corrected chi connectivity index (χ3v) is 3.86. The Morgan fingerprint density at radius 3 is 2.79 bits per heavy atom. The van der Waals surface area contributed by atoms with E-state index in [2.05, 4.69) is 5.32 Å². The normalized spacial score (nSPS) is 18.6. The number of rotatable bonds is 2. The quantitative estimate of drug-likeness (QED) is 0.906. The van der Waals surface area contributed by atoms with Crippen molar-refractivity contribution in [3.05, 3.63) is 33.8 Å². The number of piperidine rings is 1. The van der Waals surface area contributed by atoms with E-state index < -0.39 is 0 Å². The van der Waals surface area contributed by atoms with Gasteiger partial charge in [0.05, 0.1) is 10.6 Å². The van der Waals surface area contributed by atoms with E-state index in [0.29, 0.717) is 15.6 Å². The van der Waals surface area contributed by atoms with Gasteiger partial charge in [-0.1, -0.05) is 23.2 Å². The van der Waals surface area contributed by atoms with Crippen molar-refractivity contribution < 1.29 is 4.79 Å². The van der Waals surface area contributed by atoms with Gasteiger partial charge in [-0.25, -0.2) is 0 Å². The zero-order valence-electron chi connectivity index (χ0n) is 10.7. The standard InChI is InChI=1S/C13H16Cl2N2O.ClH/c1-17(10-3-2-6-16-8-10)13(18)11-7-9(14)4-5-12(11)15;/h4-5,7,10,16H,2-3,6,8H2,1H3;1H. The highest BCUT2D eigenvalue weighted by Gasteiger charge is 2.24. The van der Waals surface area contributed by atoms with Gasteiger partial charge in [0.15, 0.2) is 0 Å². The average Bonchev–Trinajstić information content (AvgIpc) is 2.41. The Morgan fingerprint density at radius 2 is 2.16 bits per heavy atom. The summed E-state index contributed by atoms with van der Waals surface area (Å²) in [5.41, 5.74) is 0.470. The summed E-state index contributed by atoms with van der Waals surface area (Å²) in [4.78, 5) is 14.1. The van der Waals surface area contributed by atoms with Gasteiger partial charge in [0.25, 0.3) is 5.91 Å². The maximum atomic E-state index is 12.4. The first-order valence-corrected chi connectivity index (χ1v) is 6.78. The maximum absolute atomic E-state index is 12.4. The van der Waals surface area contributed by atoms with Crippen molar-refractivity contribution in [3.63, 3.8) is 0 Å². The van der Waals surface area contributed by atoms with Gasteiger partial charge < -0.3 is 10.2 Å². The van der Waals surface area contributed by atoms with Crippen molar-refractivity contribution in [1.29, 1.82) is 0 Å². The van der Waals surface area contributed by atoms with Crippen molar-refractivity contribution in [1.82, 2.24) is 10.2 Å². The van der Waals surface area contributed by atoms with E-state index in [9.17, 15) is 4.79 Å². The van der Waals surface area contributed by atoms with Gasteiger partial charge >= 0.3 is 0 Å². The Balaban J connectivity index is 0.00000180. The van der Waals surface area contributed by atoms with Gasteiger partial charge in [-0.15, -0.1) is 12.4 Å². The summed E-state index contributed by atoms with van der Waals surface area (Å²) in [5, 5.41) is 4.27. The molecule has 0 bridgehead atoms. The minimum atomic E-state index is -0.0730. The smallest absolute Gasteiger partial charge is 0.255 e. The summed E-state index contributed by atoms with van der Waals surface area (Å²) in [7, 11) is 1.82. The van der Waals surface area contributed by atoms with Crippen LogP contribution in [0.1, 0.15) is 23.2 Å². The molecule has 2 rings (SSSR count). The SMILES string of the molecule is CN(C(=O)c1cc(Cl)ccc1Cl)C1CCCNC1.Cl. The number of carbonyl (C=O) groups is 1. The minimum Gasteiger partial charge on any atom is -0.337 e. The molecule has 1 aromatic rings. The fourth-order valence-electron chi connectivity index (χ4n) is 2.18. The third kappa shape index (κ3) is 3.99. The fourth-order valence-corrected chi connectivity index (χ4v) is 2.55. The fraction of sp³-hybridized carbons (Fsp3) is 0.462. The van der Waals surface area contributed by atoms with Crippen molar-refractivity contribution in [2.45, 2.75) is 18.9 Å². The molecule has 1 N–H and O–H groups in total. The van der Waals surface area contributed by atoms with Crippen LogP contribution >= 0.6 is 35.6 Å². The molecule has 19 heavy (non-hydrogen) atoms. The average molecular weight is 324 g/mol. The molecule has 106 valence electrons. The van der Waals surface area contributed by atoms with Crippen LogP contribution in [0.4, 0.5) is 0 Å². The van der Waals surface area contributed by atoms with E-state index in [-0.39, 0.29) is 24.4 Å². The first-order chi connectivity index (χ1) is 8.59. The van der Waals surface area contributed by atoms with Gasteiger partial charge in [-0.2, -0.15) is 0 Å². The molecule has 6 heteroatoms. The summed E-state index contributed by atoms with van der Waals surface area (Å²) in [6.07, 6.45) is 2.11. The number of hydrogen-bond donors (Lipinski definition) is 1. The summed E-state index contributed by atoms with van der Waals surface area (Å²) >= 11 is 12.0. The number of benzene rings is 1. The molecular weight excluding hydrogens is 307 g/mol. The Morgan fingerprint density at radius 1 is 1.42 bits per heavy atom. The molecule has 0 radical (unpaired) electrons. The Kier molecular flexibility index (Phi) is 6.40. The van der Waals surface area contributed by atoms with Crippen molar-refractivity contribution in [2.24, 2.45) is 0 Å². The first-order valence-electron chi connectivity index (χ1n) is 6.02. The highest BCUT2D eigenvalue weighted by molar-refractivity contribution is 6.35. The van der Waals surface area contributed by atoms with Crippen LogP contribution in [0.5, 0.6) is 0 Å². The van der Waals surface area contributed by atoms with Gasteiger partial charge in [-0.05, 0) is 37.6 Å². The van der Waals surface area contributed by atoms with Crippen LogP contribution in [0.3, 0.4) is 0 Å². The molecule has 1 atom stereocenters. The zero-order valence-corrected chi connectivity index (χ0v) is 13.0. The summed E-state index contributed by atoms with van der Waals surface area (Å²) in [5.74, 6) is -0.0730. The molecule has 1 unspecified atom stereocenters. The highest BCUT2D eigenvalue weighted by atomic mass is 35.5. The lowest BCUT2D eigenvalue weighted by molar-refractivity contribution is 0.0708. The second-order valence-electron chi connectivity index (χ2n) is 4.54. The largest absolute Gasteiger partial charge is 0.337 e. The molecule has 0 aromatic heterocycles. The van der Waals surface area contributed by atoms with Crippen LogP contribution in [-0.4, -0.2) is 37.0 Å². The number of nitrogens with zero attached hydrogens (tertiary/aromatic N) is 1. The van der Waals surface area contributed by atoms with Crippen LogP contribution in [0, 0.1) is 0 Å². The number of halogens is 3. The molecule has 1 aliphatic rings. The van der Waals surface area contributed by atoms with Crippen LogP contribution < -0.4 is 5.32 Å². The number of hydrogen-bond acceptors (Lipinski definition) is 2. The van der Waals surface area contributed by atoms with E-state index in [1.807, 2.05) is 7.05 Å². The second-order valence-corrected chi connectivity index (χ2v) is 5.38. The van der Waals surface area contributed by atoms with E-state index >= 15 is 0 Å². The number of likely N-dealkylation sites (N-methyl/N-ethyl adjacent to an activating group) is 1. The molecule has 0 saturated carbocycles. The predicted octanol–water partition coefficient (Wildman–Crippen LogP) is 3.24. The monoisotopic (exact) mass is 322 g/mol. The Bertz CT molecular complexity index is 448. The van der Waals surface area contributed by atoms with Crippen LogP contribution in [-0.2, 0) is 0 Å². The van der Waals surface area contributed by atoms with Crippen molar-refractivity contribution in [2.75, 3.05) is 20.1 Å². The second kappa shape index (κ2) is 7.34. The summed E-state index contributed by atoms with van der Waals surface area (Å²) < 4.78 is 0. The molecule has 3 nitrogen and oxygen atoms in total. The number of carbonyl (C=O) groups excluding carboxylic acids is 1. The lowest BCUT2D eigenvalue weighted by atomic mass is 10.1. The molecule has 1 amide bonds. The first kappa shape index (κ1) is 16.6. The maximum Gasteiger partial charge on any atom is 0.255 e. The minimum absolute atomic E-state index is 0. The van der Waals surface area contributed by atoms with Crippen LogP contribution in [0.2, 0.25) is 10.0 Å². The van der Waals surface area contributed by atoms with Gasteiger partial charge in [0.1, 0.15) is 0 Å². The van der Waals surface area contributed by atoms with Crippen molar-refractivity contribution >= 4 is 41.5 Å². The van der Waals surface area contributed by atoms with E-state index in [0.717, 1.165) is 25.9 Å². The van der Waals surface area contributed by atoms with Crippen molar-refractivity contribution in [3.8, 4) is 0 Å². The summed E-state index contributed by atoms with van der Waals surface area (Å²) in [6.45, 7) is 1.86. The molecule has 0 spiro atoms. The topological polar surface area (TPSA) is 32.3 Å². The predicted molar refractivity (Wildman–Crippen MR) is 81.7 cm³/mol. The lowest BCUT2D eigenvalue weighted by Gasteiger charge is -2.32. The molecule has 0 aliphatic carbocycles. The van der Waals surface area contributed by atoms with Gasteiger partial charge in [0, 0.05) is 24.7 Å². The van der Waals surface area contributed by atoms with Crippen LogP contribution in [0.15, 0.2) is 18.2 Å². The zero-order chi connectivity index (χ0) is 13.1. The number of nitrogens with one attached hydrogen (secondary N) is 1. The summed E-state index contributed by atoms with van der Waals surface area (Å²) in [6, 6.07) is 5.19. The van der Waals surface area contributed by atoms with Crippen LogP contribution in [0.25, 0.3) is 0 Å². The van der Waals surface area contributed by atoms with E-state index in [1.54, 1.807) is 23.1 Å². The van der Waals surface area contributed by atoms with Gasteiger partial charge in [-0.3, -0.25) is 4.79 Å². The Labute approximate surface area is 129 Å². The lowest BCUT2D eigenvalue weighted by Crippen LogP contribution is -2.46. The molecule has 1 aromatic carbocycles. The third-order valence-electron chi connectivity index (χ3n) is 3.30. The molecule has 1 heterocycles. The van der Waals surface area contributed by atoms with Gasteiger partial charge in [0.2, 0.25) is 0 Å². The molecule has 1 saturated heterocycles. The molecule has 1 aliphatic heterocycles. The Hall–Kier alpha value is -0.480. The highest BCUT2D eigenvalue weighted by Crippen LogP contribution is 2.23. The van der Waals surface area contributed by atoms with E-state index in [1.165, 1.54) is 0 Å². The number of amides is 1. The molecular formula is C13H17Cl3N2O.